The number of hydrogen-bond donors (Lipinski definition) is 1. The molecule has 0 amide bonds. The molecule has 0 aliphatic rings. The molecule has 0 aromatic rings. The van der Waals surface area contributed by atoms with Crippen LogP contribution in [0.15, 0.2) is 0 Å². The van der Waals surface area contributed by atoms with Crippen LogP contribution in [0.4, 0.5) is 0 Å². The van der Waals surface area contributed by atoms with Gasteiger partial charge in [-0.2, -0.15) is 0 Å². The highest BCUT2D eigenvalue weighted by Crippen LogP contribution is 2.43. The van der Waals surface area contributed by atoms with Crippen LogP contribution in [-0.4, -0.2) is 50.3 Å². The van der Waals surface area contributed by atoms with Gasteiger partial charge in [-0.3, -0.25) is 9.05 Å². The average Bonchev–Trinajstić information content (AvgIpc) is 2.69. The van der Waals surface area contributed by atoms with Crippen molar-refractivity contribution in [2.75, 3.05) is 40.9 Å². The number of rotatable bonds is 24. The molecule has 0 fully saturated rings. The van der Waals surface area contributed by atoms with Crippen LogP contribution in [0.25, 0.3) is 0 Å². The fourth-order valence-electron chi connectivity index (χ4n) is 3.74. The van der Waals surface area contributed by atoms with Gasteiger partial charge in [0.2, 0.25) is 0 Å². The maximum absolute atomic E-state index is 11.9. The molecule has 5 nitrogen and oxygen atoms in total. The largest absolute Gasteiger partial charge is 0.472 e. The summed E-state index contributed by atoms with van der Waals surface area (Å²) in [6.45, 7) is 4.04. The highest BCUT2D eigenvalue weighted by atomic mass is 31.2. The summed E-state index contributed by atoms with van der Waals surface area (Å²) in [5.41, 5.74) is 0. The van der Waals surface area contributed by atoms with Crippen molar-refractivity contribution in [3.8, 4) is 0 Å². The monoisotopic (exact) mass is 464 g/mol. The van der Waals surface area contributed by atoms with Gasteiger partial charge in [0.05, 0.1) is 40.9 Å². The molecule has 0 aliphatic heterocycles. The van der Waals surface area contributed by atoms with Gasteiger partial charge in [0.15, 0.2) is 0 Å². The summed E-state index contributed by atoms with van der Waals surface area (Å²) in [5, 5.41) is 0. The lowest BCUT2D eigenvalue weighted by atomic mass is 10.0. The molecule has 0 radical (unpaired) electrons. The first-order valence-electron chi connectivity index (χ1n) is 13.2. The van der Waals surface area contributed by atoms with E-state index in [9.17, 15) is 9.46 Å². The molecule has 0 aliphatic carbocycles. The zero-order valence-electron chi connectivity index (χ0n) is 21.4. The Labute approximate surface area is 194 Å². The van der Waals surface area contributed by atoms with E-state index in [4.69, 9.17) is 9.05 Å². The van der Waals surface area contributed by atoms with Gasteiger partial charge in [-0.1, -0.05) is 96.8 Å². The third-order valence-electron chi connectivity index (χ3n) is 5.73. The van der Waals surface area contributed by atoms with Crippen molar-refractivity contribution in [3.63, 3.8) is 0 Å². The molecule has 0 aromatic heterocycles. The lowest BCUT2D eigenvalue weighted by Crippen LogP contribution is -2.35. The Balaban J connectivity index is 3.33. The number of phosphoric acid groups is 1. The fraction of sp³-hybridized carbons (Fsp3) is 1.00. The van der Waals surface area contributed by atoms with E-state index in [0.29, 0.717) is 13.2 Å². The summed E-state index contributed by atoms with van der Waals surface area (Å²) in [5.74, 6) is 0. The van der Waals surface area contributed by atoms with Gasteiger partial charge in [0.1, 0.15) is 0 Å². The molecule has 1 atom stereocenters. The van der Waals surface area contributed by atoms with Crippen molar-refractivity contribution >= 4 is 7.82 Å². The van der Waals surface area contributed by atoms with E-state index in [1.807, 2.05) is 0 Å². The van der Waals surface area contributed by atoms with E-state index in [1.54, 1.807) is 0 Å². The van der Waals surface area contributed by atoms with Crippen molar-refractivity contribution in [1.29, 1.82) is 0 Å². The van der Waals surface area contributed by atoms with Crippen molar-refractivity contribution in [3.05, 3.63) is 0 Å². The van der Waals surface area contributed by atoms with Crippen LogP contribution in [-0.2, 0) is 13.6 Å². The average molecular weight is 465 g/mol. The van der Waals surface area contributed by atoms with Crippen molar-refractivity contribution < 1.29 is 23.0 Å². The first-order chi connectivity index (χ1) is 14.8. The lowest BCUT2D eigenvalue weighted by molar-refractivity contribution is -0.870. The molecule has 0 aromatic carbocycles. The highest BCUT2D eigenvalue weighted by Gasteiger charge is 2.20. The zero-order valence-corrected chi connectivity index (χ0v) is 22.3. The minimum absolute atomic E-state index is 0.302. The first-order valence-corrected chi connectivity index (χ1v) is 14.7. The molecule has 6 heteroatoms. The van der Waals surface area contributed by atoms with E-state index in [-0.39, 0.29) is 0 Å². The highest BCUT2D eigenvalue weighted by molar-refractivity contribution is 7.47. The topological polar surface area (TPSA) is 55.8 Å². The summed E-state index contributed by atoms with van der Waals surface area (Å²) in [6.07, 6.45) is 22.3. The Hall–Kier alpha value is 0.0700. The summed E-state index contributed by atoms with van der Waals surface area (Å²) < 4.78 is 23.0. The van der Waals surface area contributed by atoms with Gasteiger partial charge in [-0.25, -0.2) is 4.57 Å². The van der Waals surface area contributed by atoms with Crippen molar-refractivity contribution in [2.45, 2.75) is 122 Å². The van der Waals surface area contributed by atoms with Gasteiger partial charge in [-0.05, 0) is 25.7 Å². The standard InChI is InChI=1S/C25H54NO4P/c1-5-6-7-8-9-10-11-12-13-14-15-16-18-21-24-29-31(27,28)30-25-22-19-17-20-23-26(2,3)4/h5-25H2,1-4H3/p+1. The number of quaternary nitrogens is 1. The quantitative estimate of drug-likeness (QED) is 0.0897. The molecule has 188 valence electrons. The molecule has 0 saturated carbocycles. The summed E-state index contributed by atoms with van der Waals surface area (Å²) in [7, 11) is 2.72. The van der Waals surface area contributed by atoms with Crippen LogP contribution in [0.3, 0.4) is 0 Å². The normalized spacial score (nSPS) is 14.1. The van der Waals surface area contributed by atoms with E-state index in [1.165, 1.54) is 83.5 Å². The Kier molecular flexibility index (Phi) is 20.7. The second kappa shape index (κ2) is 20.7. The summed E-state index contributed by atoms with van der Waals surface area (Å²) >= 11 is 0. The molecule has 0 spiro atoms. The van der Waals surface area contributed by atoms with Gasteiger partial charge < -0.3 is 9.38 Å². The van der Waals surface area contributed by atoms with Crippen LogP contribution >= 0.6 is 7.82 Å². The molecule has 1 unspecified atom stereocenters. The molecular weight excluding hydrogens is 409 g/mol. The van der Waals surface area contributed by atoms with E-state index >= 15 is 0 Å². The van der Waals surface area contributed by atoms with Crippen LogP contribution in [0.5, 0.6) is 0 Å². The maximum Gasteiger partial charge on any atom is 0.472 e. The predicted molar refractivity (Wildman–Crippen MR) is 133 cm³/mol. The van der Waals surface area contributed by atoms with Crippen LogP contribution in [0.1, 0.15) is 122 Å². The Bertz CT molecular complexity index is 426. The minimum atomic E-state index is -3.86. The van der Waals surface area contributed by atoms with E-state index in [0.717, 1.165) is 43.1 Å². The van der Waals surface area contributed by atoms with Gasteiger partial charge in [0.25, 0.3) is 0 Å². The van der Waals surface area contributed by atoms with Crippen LogP contribution < -0.4 is 0 Å². The molecule has 0 rings (SSSR count). The lowest BCUT2D eigenvalue weighted by Gasteiger charge is -2.23. The van der Waals surface area contributed by atoms with Gasteiger partial charge in [-0.15, -0.1) is 0 Å². The van der Waals surface area contributed by atoms with Gasteiger partial charge in [0, 0.05) is 0 Å². The Morgan fingerprint density at radius 3 is 1.26 bits per heavy atom. The van der Waals surface area contributed by atoms with E-state index < -0.39 is 7.82 Å². The minimum Gasteiger partial charge on any atom is -0.331 e. The van der Waals surface area contributed by atoms with Gasteiger partial charge >= 0.3 is 7.82 Å². The molecule has 1 N–H and O–H groups in total. The fourth-order valence-corrected chi connectivity index (χ4v) is 4.53. The molecule has 0 bridgehead atoms. The third kappa shape index (κ3) is 26.2. The second-order valence-electron chi connectivity index (χ2n) is 10.2. The molecule has 31 heavy (non-hydrogen) atoms. The van der Waals surface area contributed by atoms with Crippen LogP contribution in [0.2, 0.25) is 0 Å². The second-order valence-corrected chi connectivity index (χ2v) is 11.6. The van der Waals surface area contributed by atoms with Crippen molar-refractivity contribution in [1.82, 2.24) is 0 Å². The predicted octanol–water partition coefficient (Wildman–Crippen LogP) is 7.87. The first kappa shape index (κ1) is 31.1. The number of phosphoric ester groups is 1. The Morgan fingerprint density at radius 1 is 0.581 bits per heavy atom. The SMILES string of the molecule is CCCCCCCCCCCCCCCCOP(=O)(O)OCCCCCC[N+](C)(C)C. The molecular formula is C25H55NO4P+. The Morgan fingerprint density at radius 2 is 0.903 bits per heavy atom. The van der Waals surface area contributed by atoms with Crippen molar-refractivity contribution in [2.24, 2.45) is 0 Å². The van der Waals surface area contributed by atoms with E-state index in [2.05, 4.69) is 28.1 Å². The number of unbranched alkanes of at least 4 members (excludes halogenated alkanes) is 16. The zero-order chi connectivity index (χ0) is 23.3. The number of hydrogen-bond acceptors (Lipinski definition) is 3. The molecule has 0 saturated heterocycles. The molecule has 0 heterocycles. The van der Waals surface area contributed by atoms with Crippen LogP contribution in [0, 0.1) is 0 Å². The number of nitrogens with zero attached hydrogens (tertiary/aromatic N) is 1. The summed E-state index contributed by atoms with van der Waals surface area (Å²) in [6, 6.07) is 0. The summed E-state index contributed by atoms with van der Waals surface area (Å²) in [4.78, 5) is 9.74. The maximum atomic E-state index is 11.9. The smallest absolute Gasteiger partial charge is 0.331 e. The third-order valence-corrected chi connectivity index (χ3v) is 6.75.